The molecule has 0 radical (unpaired) electrons. The van der Waals surface area contributed by atoms with Crippen molar-refractivity contribution in [2.24, 2.45) is 0 Å². The van der Waals surface area contributed by atoms with E-state index in [4.69, 9.17) is 8.85 Å². The van der Waals surface area contributed by atoms with E-state index in [9.17, 15) is 14.7 Å². The third-order valence-corrected chi connectivity index (χ3v) is 18.3. The zero-order valence-electron chi connectivity index (χ0n) is 28.7. The number of fused-ring (bicyclic) bond motifs is 1. The van der Waals surface area contributed by atoms with E-state index in [1.807, 2.05) is 24.3 Å². The predicted octanol–water partition coefficient (Wildman–Crippen LogP) is 10.0. The molecule has 2 atom stereocenters. The smallest absolute Gasteiger partial charge is 0.303 e. The van der Waals surface area contributed by atoms with Crippen molar-refractivity contribution in [3.63, 3.8) is 0 Å². The average Bonchev–Trinajstić information content (AvgIpc) is 2.88. The molecule has 1 aromatic heterocycles. The van der Waals surface area contributed by atoms with Crippen LogP contribution in [0.15, 0.2) is 36.5 Å². The molecule has 1 aromatic carbocycles. The van der Waals surface area contributed by atoms with Gasteiger partial charge in [-0.25, -0.2) is 0 Å². The Morgan fingerprint density at radius 2 is 1.47 bits per heavy atom. The van der Waals surface area contributed by atoms with E-state index in [2.05, 4.69) is 91.8 Å². The van der Waals surface area contributed by atoms with Crippen molar-refractivity contribution >= 4 is 45.2 Å². The number of Topliss-reactive ketones (excluding diaryl/α,β-unsaturated/α-hetero) is 1. The monoisotopic (exact) mass is 627 g/mol. The summed E-state index contributed by atoms with van der Waals surface area (Å²) in [6.45, 7) is 24.4. The van der Waals surface area contributed by atoms with E-state index >= 15 is 0 Å². The molecule has 2 aromatic rings. The van der Waals surface area contributed by atoms with Crippen LogP contribution >= 0.6 is 0 Å². The number of ketones is 1. The van der Waals surface area contributed by atoms with Gasteiger partial charge in [-0.05, 0) is 60.9 Å². The van der Waals surface area contributed by atoms with Crippen molar-refractivity contribution in [1.82, 2.24) is 4.98 Å². The van der Waals surface area contributed by atoms with E-state index in [0.29, 0.717) is 25.0 Å². The molecule has 0 saturated carbocycles. The maximum absolute atomic E-state index is 13.1. The van der Waals surface area contributed by atoms with Gasteiger partial charge < -0.3 is 14.0 Å². The van der Waals surface area contributed by atoms with Crippen LogP contribution in [0.2, 0.25) is 36.3 Å². The topological polar surface area (TPSA) is 85.7 Å². The van der Waals surface area contributed by atoms with E-state index in [1.165, 1.54) is 0 Å². The van der Waals surface area contributed by atoms with Crippen LogP contribution in [-0.2, 0) is 13.6 Å². The number of carboxylic acid groups (broad SMARTS) is 1. The Hall–Kier alpha value is -2.14. The fourth-order valence-electron chi connectivity index (χ4n) is 4.48. The van der Waals surface area contributed by atoms with Gasteiger partial charge in [-0.3, -0.25) is 14.6 Å². The predicted molar refractivity (Wildman–Crippen MR) is 185 cm³/mol. The number of aromatic nitrogens is 1. The Labute approximate surface area is 262 Å². The minimum atomic E-state index is -2.24. The molecule has 1 heterocycles. The number of rotatable bonds is 16. The Morgan fingerprint density at radius 3 is 2.02 bits per heavy atom. The number of carbonyl (C=O) groups is 2. The van der Waals surface area contributed by atoms with Crippen LogP contribution in [0.5, 0.6) is 0 Å². The normalized spacial score (nSPS) is 14.8. The van der Waals surface area contributed by atoms with Gasteiger partial charge in [-0.1, -0.05) is 97.7 Å². The molecule has 0 fully saturated rings. The van der Waals surface area contributed by atoms with Crippen LogP contribution in [0, 0.1) is 0 Å². The first-order valence-corrected chi connectivity index (χ1v) is 21.8. The van der Waals surface area contributed by atoms with Crippen molar-refractivity contribution in [3.05, 3.63) is 47.8 Å². The molecular formula is C35H57NO5Si2. The third-order valence-electron chi connectivity index (χ3n) is 9.30. The van der Waals surface area contributed by atoms with Gasteiger partial charge >= 0.3 is 5.97 Å². The van der Waals surface area contributed by atoms with Crippen molar-refractivity contribution in [3.8, 4) is 0 Å². The molecular weight excluding hydrogens is 571 g/mol. The highest BCUT2D eigenvalue weighted by molar-refractivity contribution is 6.74. The maximum Gasteiger partial charge on any atom is 0.303 e. The number of hydrogen-bond acceptors (Lipinski definition) is 5. The molecule has 0 aliphatic heterocycles. The number of nitrogens with zero attached hydrogens (tertiary/aromatic N) is 1. The lowest BCUT2D eigenvalue weighted by atomic mass is 9.99. The van der Waals surface area contributed by atoms with Gasteiger partial charge in [0, 0.05) is 30.0 Å². The lowest BCUT2D eigenvalue weighted by Gasteiger charge is -2.44. The lowest BCUT2D eigenvalue weighted by Crippen LogP contribution is -2.51. The maximum atomic E-state index is 13.1. The molecule has 8 heteroatoms. The van der Waals surface area contributed by atoms with Crippen LogP contribution in [-0.4, -0.2) is 50.7 Å². The number of carbonyl (C=O) groups excluding carboxylic acids is 1. The van der Waals surface area contributed by atoms with Crippen LogP contribution < -0.4 is 0 Å². The molecule has 0 aliphatic carbocycles. The minimum absolute atomic E-state index is 0.0110. The molecule has 0 aliphatic rings. The second-order valence-corrected chi connectivity index (χ2v) is 24.4. The fourth-order valence-corrected chi connectivity index (χ4v) is 7.10. The van der Waals surface area contributed by atoms with Crippen LogP contribution in [0.1, 0.15) is 109 Å². The number of carboxylic acids is 1. The van der Waals surface area contributed by atoms with Gasteiger partial charge in [0.2, 0.25) is 0 Å². The summed E-state index contributed by atoms with van der Waals surface area (Å²) >= 11 is 0. The summed E-state index contributed by atoms with van der Waals surface area (Å²) in [5, 5.41) is 11.2. The number of benzene rings is 1. The van der Waals surface area contributed by atoms with Gasteiger partial charge in [0.15, 0.2) is 22.4 Å². The SMILES string of the molecule is CCCCCC(=O)c1ncc(C=CC(O[Si](C)(C)C(C)(C)C)C(CCCC(=O)O)O[Si](C)(C)C(C)(C)C)c2ccccc12. The summed E-state index contributed by atoms with van der Waals surface area (Å²) in [4.78, 5) is 29.2. The van der Waals surface area contributed by atoms with Gasteiger partial charge in [0.1, 0.15) is 5.69 Å². The summed E-state index contributed by atoms with van der Waals surface area (Å²) < 4.78 is 14.1. The van der Waals surface area contributed by atoms with Gasteiger partial charge in [-0.2, -0.15) is 0 Å². The zero-order chi connectivity index (χ0) is 32.6. The highest BCUT2D eigenvalue weighted by Gasteiger charge is 2.44. The first kappa shape index (κ1) is 37.1. The molecule has 43 heavy (non-hydrogen) atoms. The molecule has 240 valence electrons. The molecule has 0 amide bonds. The Kier molecular flexibility index (Phi) is 13.1. The van der Waals surface area contributed by atoms with Crippen LogP contribution in [0.25, 0.3) is 16.8 Å². The second kappa shape index (κ2) is 15.2. The molecule has 2 rings (SSSR count). The Bertz CT molecular complexity index is 1260. The summed E-state index contributed by atoms with van der Waals surface area (Å²) in [7, 11) is -4.45. The van der Waals surface area contributed by atoms with Crippen molar-refractivity contribution in [2.75, 3.05) is 0 Å². The van der Waals surface area contributed by atoms with E-state index in [1.54, 1.807) is 6.20 Å². The molecule has 1 N–H and O–H groups in total. The first-order valence-electron chi connectivity index (χ1n) is 16.0. The van der Waals surface area contributed by atoms with Crippen molar-refractivity contribution in [1.29, 1.82) is 0 Å². The van der Waals surface area contributed by atoms with E-state index in [0.717, 1.165) is 35.6 Å². The average molecular weight is 628 g/mol. The second-order valence-electron chi connectivity index (χ2n) is 14.9. The summed E-state index contributed by atoms with van der Waals surface area (Å²) in [5.41, 5.74) is 1.45. The fraction of sp³-hybridized carbons (Fsp3) is 0.629. The molecule has 2 unspecified atom stereocenters. The van der Waals surface area contributed by atoms with Crippen LogP contribution in [0.3, 0.4) is 0 Å². The largest absolute Gasteiger partial charge is 0.481 e. The van der Waals surface area contributed by atoms with Crippen LogP contribution in [0.4, 0.5) is 0 Å². The number of pyridine rings is 1. The standard InChI is InChI=1S/C35H57NO5Si2/c1-12-13-14-20-29(37)33-28-19-16-15-18-27(28)26(25-36-33)23-24-31(41-43(10,11)35(5,6)7)30(21-17-22-32(38)39)40-42(8,9)34(2,3)4/h15-16,18-19,23-25,30-31H,12-14,17,20-22H2,1-11H3,(H,38,39). The van der Waals surface area contributed by atoms with Crippen molar-refractivity contribution in [2.45, 2.75) is 142 Å². The van der Waals surface area contributed by atoms with Crippen molar-refractivity contribution < 1.29 is 23.5 Å². The van der Waals surface area contributed by atoms with Gasteiger partial charge in [-0.15, -0.1) is 0 Å². The minimum Gasteiger partial charge on any atom is -0.481 e. The third kappa shape index (κ3) is 10.5. The lowest BCUT2D eigenvalue weighted by molar-refractivity contribution is -0.137. The number of aliphatic carboxylic acids is 1. The quantitative estimate of drug-likeness (QED) is 0.113. The summed E-state index contributed by atoms with van der Waals surface area (Å²) in [5.74, 6) is -0.717. The Balaban J connectivity index is 2.60. The van der Waals surface area contributed by atoms with E-state index in [-0.39, 0.29) is 34.5 Å². The summed E-state index contributed by atoms with van der Waals surface area (Å²) in [6, 6.07) is 7.96. The Morgan fingerprint density at radius 1 is 0.884 bits per heavy atom. The first-order chi connectivity index (χ1) is 19.8. The van der Waals surface area contributed by atoms with E-state index < -0.39 is 22.6 Å². The molecule has 0 bridgehead atoms. The zero-order valence-corrected chi connectivity index (χ0v) is 30.7. The molecule has 0 saturated heterocycles. The number of unbranched alkanes of at least 4 members (excludes halogenated alkanes) is 2. The molecule has 0 spiro atoms. The van der Waals surface area contributed by atoms with Gasteiger partial charge in [0.05, 0.1) is 12.2 Å². The highest BCUT2D eigenvalue weighted by Crippen LogP contribution is 2.41. The number of hydrogen-bond donors (Lipinski definition) is 1. The molecule has 6 nitrogen and oxygen atoms in total. The highest BCUT2D eigenvalue weighted by atomic mass is 28.4. The van der Waals surface area contributed by atoms with Gasteiger partial charge in [0.25, 0.3) is 0 Å². The summed E-state index contributed by atoms with van der Waals surface area (Å²) in [6.07, 6.45) is 9.96.